The molecule has 0 aromatic rings. The van der Waals surface area contributed by atoms with Gasteiger partial charge in [-0.3, -0.25) is 0 Å². The lowest BCUT2D eigenvalue weighted by atomic mass is 9.68. The zero-order valence-corrected chi connectivity index (χ0v) is 11.5. The molecule has 0 saturated heterocycles. The number of fused-ring (bicyclic) bond motifs is 2. The first kappa shape index (κ1) is 12.4. The van der Waals surface area contributed by atoms with Crippen LogP contribution in [-0.2, 0) is 4.74 Å². The van der Waals surface area contributed by atoms with Crippen molar-refractivity contribution in [3.05, 3.63) is 0 Å². The molecule has 0 radical (unpaired) electrons. The molecule has 2 bridgehead atoms. The van der Waals surface area contributed by atoms with Gasteiger partial charge in [-0.05, 0) is 42.9 Å². The Morgan fingerprint density at radius 2 is 2.06 bits per heavy atom. The van der Waals surface area contributed by atoms with Crippen LogP contribution in [0.2, 0.25) is 0 Å². The average molecular weight is 225 g/mol. The minimum atomic E-state index is 0.318. The van der Waals surface area contributed by atoms with E-state index < -0.39 is 0 Å². The average Bonchev–Trinajstić information content (AvgIpc) is 2.68. The van der Waals surface area contributed by atoms with Crippen molar-refractivity contribution >= 4 is 0 Å². The lowest BCUT2D eigenvalue weighted by molar-refractivity contribution is 0.0738. The van der Waals surface area contributed by atoms with E-state index in [0.29, 0.717) is 23.0 Å². The van der Waals surface area contributed by atoms with Crippen LogP contribution in [0.25, 0.3) is 0 Å². The summed E-state index contributed by atoms with van der Waals surface area (Å²) in [7, 11) is 1.79. The maximum atomic E-state index is 5.33. The van der Waals surface area contributed by atoms with E-state index in [9.17, 15) is 0 Å². The van der Waals surface area contributed by atoms with Gasteiger partial charge in [-0.25, -0.2) is 0 Å². The fourth-order valence-electron chi connectivity index (χ4n) is 4.18. The van der Waals surface area contributed by atoms with Crippen molar-refractivity contribution in [2.75, 3.05) is 13.7 Å². The molecule has 2 heteroatoms. The lowest BCUT2D eigenvalue weighted by Crippen LogP contribution is -2.52. The van der Waals surface area contributed by atoms with E-state index in [0.717, 1.165) is 12.5 Å². The second-order valence-electron chi connectivity index (χ2n) is 6.80. The molecular formula is C14H27NO. The van der Waals surface area contributed by atoms with E-state index in [-0.39, 0.29) is 0 Å². The molecule has 94 valence electrons. The van der Waals surface area contributed by atoms with Crippen LogP contribution in [0.15, 0.2) is 0 Å². The van der Waals surface area contributed by atoms with Gasteiger partial charge in [0.05, 0.1) is 6.10 Å². The number of ether oxygens (including phenoxy) is 1. The SMILES string of the molecule is COC(C)CNC1C(C)(C)[C@H]2CC[C@]1(C)C2. The molecular weight excluding hydrogens is 198 g/mol. The van der Waals surface area contributed by atoms with E-state index in [1.807, 2.05) is 0 Å². The molecule has 2 unspecified atom stereocenters. The minimum Gasteiger partial charge on any atom is -0.380 e. The molecule has 2 fully saturated rings. The molecule has 0 aliphatic heterocycles. The van der Waals surface area contributed by atoms with Crippen molar-refractivity contribution in [2.24, 2.45) is 16.7 Å². The molecule has 0 heterocycles. The Bertz CT molecular complexity index is 259. The summed E-state index contributed by atoms with van der Waals surface area (Å²) in [6.45, 7) is 10.5. The molecule has 0 aromatic heterocycles. The van der Waals surface area contributed by atoms with Gasteiger partial charge in [-0.15, -0.1) is 0 Å². The fourth-order valence-corrected chi connectivity index (χ4v) is 4.18. The highest BCUT2D eigenvalue weighted by Crippen LogP contribution is 2.62. The van der Waals surface area contributed by atoms with Crippen molar-refractivity contribution in [2.45, 2.75) is 59.1 Å². The van der Waals surface area contributed by atoms with Crippen LogP contribution in [0.5, 0.6) is 0 Å². The van der Waals surface area contributed by atoms with Gasteiger partial charge in [0.1, 0.15) is 0 Å². The molecule has 2 aliphatic carbocycles. The molecule has 0 aromatic carbocycles. The highest BCUT2D eigenvalue weighted by atomic mass is 16.5. The Labute approximate surface area is 100 Å². The monoisotopic (exact) mass is 225 g/mol. The summed E-state index contributed by atoms with van der Waals surface area (Å²) in [5.74, 6) is 0.924. The van der Waals surface area contributed by atoms with Crippen LogP contribution in [0.1, 0.15) is 47.0 Å². The summed E-state index contributed by atoms with van der Waals surface area (Å²) in [5, 5.41) is 3.77. The standard InChI is InChI=1S/C14H27NO/c1-10(16-5)9-15-12-13(2,3)11-6-7-14(12,4)8-11/h10-12,15H,6-9H2,1-5H3/t10?,11-,12?,14+/m0/s1. The normalized spacial score (nSPS) is 42.6. The number of hydrogen-bond donors (Lipinski definition) is 1. The summed E-state index contributed by atoms with van der Waals surface area (Å²) >= 11 is 0. The Hall–Kier alpha value is -0.0800. The van der Waals surface area contributed by atoms with Gasteiger partial charge in [-0.1, -0.05) is 20.8 Å². The Morgan fingerprint density at radius 3 is 2.56 bits per heavy atom. The third kappa shape index (κ3) is 1.80. The van der Waals surface area contributed by atoms with Crippen molar-refractivity contribution in [1.82, 2.24) is 5.32 Å². The lowest BCUT2D eigenvalue weighted by Gasteiger charge is -2.43. The van der Waals surface area contributed by atoms with Gasteiger partial charge in [0.2, 0.25) is 0 Å². The summed E-state index contributed by atoms with van der Waals surface area (Å²) in [5.41, 5.74) is 0.988. The predicted octanol–water partition coefficient (Wildman–Crippen LogP) is 2.83. The first-order chi connectivity index (χ1) is 7.40. The van der Waals surface area contributed by atoms with Crippen molar-refractivity contribution in [1.29, 1.82) is 0 Å². The van der Waals surface area contributed by atoms with Crippen LogP contribution < -0.4 is 5.32 Å². The summed E-state index contributed by atoms with van der Waals surface area (Å²) in [6, 6.07) is 0.663. The number of nitrogens with one attached hydrogen (secondary N) is 1. The van der Waals surface area contributed by atoms with Gasteiger partial charge in [0.25, 0.3) is 0 Å². The van der Waals surface area contributed by atoms with Crippen LogP contribution in [0.4, 0.5) is 0 Å². The molecule has 2 nitrogen and oxygen atoms in total. The maximum absolute atomic E-state index is 5.33. The second kappa shape index (κ2) is 3.99. The van der Waals surface area contributed by atoms with E-state index in [1.54, 1.807) is 7.11 Å². The number of rotatable bonds is 4. The van der Waals surface area contributed by atoms with Crippen LogP contribution in [0, 0.1) is 16.7 Å². The summed E-state index contributed by atoms with van der Waals surface area (Å²) in [6.07, 6.45) is 4.57. The molecule has 2 saturated carbocycles. The van der Waals surface area contributed by atoms with Crippen LogP contribution >= 0.6 is 0 Å². The molecule has 0 amide bonds. The van der Waals surface area contributed by atoms with E-state index in [1.165, 1.54) is 19.3 Å². The third-order valence-corrected chi connectivity index (χ3v) is 5.28. The number of methoxy groups -OCH3 is 1. The maximum Gasteiger partial charge on any atom is 0.0667 e. The van der Waals surface area contributed by atoms with Gasteiger partial charge >= 0.3 is 0 Å². The van der Waals surface area contributed by atoms with Gasteiger partial charge < -0.3 is 10.1 Å². The largest absolute Gasteiger partial charge is 0.380 e. The topological polar surface area (TPSA) is 21.3 Å². The first-order valence-electron chi connectivity index (χ1n) is 6.66. The van der Waals surface area contributed by atoms with Crippen LogP contribution in [0.3, 0.4) is 0 Å². The van der Waals surface area contributed by atoms with Gasteiger partial charge in [0, 0.05) is 19.7 Å². The van der Waals surface area contributed by atoms with Crippen molar-refractivity contribution < 1.29 is 4.74 Å². The predicted molar refractivity (Wildman–Crippen MR) is 67.5 cm³/mol. The minimum absolute atomic E-state index is 0.318. The van der Waals surface area contributed by atoms with Crippen LogP contribution in [-0.4, -0.2) is 25.8 Å². The van der Waals surface area contributed by atoms with E-state index in [2.05, 4.69) is 33.0 Å². The van der Waals surface area contributed by atoms with E-state index in [4.69, 9.17) is 4.74 Å². The molecule has 16 heavy (non-hydrogen) atoms. The van der Waals surface area contributed by atoms with E-state index >= 15 is 0 Å². The number of hydrogen-bond acceptors (Lipinski definition) is 2. The quantitative estimate of drug-likeness (QED) is 0.794. The van der Waals surface area contributed by atoms with Crippen molar-refractivity contribution in [3.8, 4) is 0 Å². The molecule has 0 spiro atoms. The Kier molecular flexibility index (Phi) is 3.09. The molecule has 2 rings (SSSR count). The zero-order valence-electron chi connectivity index (χ0n) is 11.5. The van der Waals surface area contributed by atoms with Gasteiger partial charge in [0.15, 0.2) is 0 Å². The second-order valence-corrected chi connectivity index (χ2v) is 6.80. The first-order valence-corrected chi connectivity index (χ1v) is 6.66. The molecule has 1 N–H and O–H groups in total. The highest BCUT2D eigenvalue weighted by Gasteiger charge is 2.58. The summed E-state index contributed by atoms with van der Waals surface area (Å²) in [4.78, 5) is 0. The Morgan fingerprint density at radius 1 is 1.38 bits per heavy atom. The molecule has 2 aliphatic rings. The third-order valence-electron chi connectivity index (χ3n) is 5.28. The highest BCUT2D eigenvalue weighted by molar-refractivity contribution is 5.12. The Balaban J connectivity index is 2.02. The fraction of sp³-hybridized carbons (Fsp3) is 1.00. The van der Waals surface area contributed by atoms with Crippen molar-refractivity contribution in [3.63, 3.8) is 0 Å². The smallest absolute Gasteiger partial charge is 0.0667 e. The molecule has 4 atom stereocenters. The summed E-state index contributed by atoms with van der Waals surface area (Å²) < 4.78 is 5.33. The zero-order chi connectivity index (χ0) is 12.0. The van der Waals surface area contributed by atoms with Gasteiger partial charge in [-0.2, -0.15) is 0 Å².